The van der Waals surface area contributed by atoms with Gasteiger partial charge in [-0.3, -0.25) is 0 Å². The van der Waals surface area contributed by atoms with Gasteiger partial charge in [-0.05, 0) is 111 Å². The lowest BCUT2D eigenvalue weighted by Crippen LogP contribution is -2.55. The molecule has 0 radical (unpaired) electrons. The van der Waals surface area contributed by atoms with Crippen LogP contribution >= 0.6 is 0 Å². The highest BCUT2D eigenvalue weighted by atomic mass is 16.3. The molecule has 0 aliphatic heterocycles. The molecule has 4 aromatic carbocycles. The first-order valence-corrected chi connectivity index (χ1v) is 15.4. The predicted molar refractivity (Wildman–Crippen MR) is 175 cm³/mol. The van der Waals surface area contributed by atoms with Crippen LogP contribution in [-0.4, -0.2) is 10.2 Å². The maximum atomic E-state index is 10.7. The molecule has 2 N–H and O–H groups in total. The van der Waals surface area contributed by atoms with E-state index >= 15 is 0 Å². The minimum atomic E-state index is -0.425. The third-order valence-electron chi connectivity index (χ3n) is 11.2. The zero-order valence-electron chi connectivity index (χ0n) is 24.8. The fourth-order valence-electron chi connectivity index (χ4n) is 8.81. The Hall–Kier alpha value is -4.56. The Morgan fingerprint density at radius 2 is 0.953 bits per heavy atom. The van der Waals surface area contributed by atoms with Crippen molar-refractivity contribution in [2.24, 2.45) is 5.41 Å². The lowest BCUT2D eigenvalue weighted by molar-refractivity contribution is 0.104. The molecule has 2 unspecified atom stereocenters. The third-order valence-corrected chi connectivity index (χ3v) is 11.2. The molecule has 0 fully saturated rings. The van der Waals surface area contributed by atoms with Crippen LogP contribution in [0.4, 0.5) is 0 Å². The summed E-state index contributed by atoms with van der Waals surface area (Å²) in [4.78, 5) is 0. The number of fused-ring (bicyclic) bond motifs is 6. The van der Waals surface area contributed by atoms with E-state index in [9.17, 15) is 10.2 Å². The Morgan fingerprint density at radius 1 is 0.535 bits per heavy atom. The second-order valence-electron chi connectivity index (χ2n) is 13.2. The van der Waals surface area contributed by atoms with Crippen LogP contribution in [0.15, 0.2) is 133 Å². The molecule has 8 rings (SSSR count). The molecule has 0 saturated heterocycles. The first kappa shape index (κ1) is 26.1. The lowest BCUT2D eigenvalue weighted by Gasteiger charge is -2.58. The average Bonchev–Trinajstić information content (AvgIpc) is 3.60. The molecule has 212 valence electrons. The maximum absolute atomic E-state index is 10.7. The van der Waals surface area contributed by atoms with Crippen molar-refractivity contribution < 1.29 is 10.2 Å². The van der Waals surface area contributed by atoms with Crippen molar-refractivity contribution in [2.45, 2.75) is 50.4 Å². The number of aliphatic hydroxyl groups excluding tert-OH is 2. The molecule has 2 nitrogen and oxygen atoms in total. The van der Waals surface area contributed by atoms with Gasteiger partial charge in [-0.25, -0.2) is 0 Å². The Balaban J connectivity index is 1.38. The summed E-state index contributed by atoms with van der Waals surface area (Å²) in [7, 11) is 0. The fourth-order valence-corrected chi connectivity index (χ4v) is 8.81. The molecule has 0 aromatic heterocycles. The highest BCUT2D eigenvalue weighted by molar-refractivity contribution is 5.80. The molecule has 2 atom stereocenters. The van der Waals surface area contributed by atoms with Crippen LogP contribution in [0, 0.1) is 5.41 Å². The topological polar surface area (TPSA) is 40.5 Å². The molecule has 0 heterocycles. The molecule has 43 heavy (non-hydrogen) atoms. The molecule has 0 saturated carbocycles. The molecule has 4 aliphatic rings. The number of hydrogen-bond acceptors (Lipinski definition) is 2. The van der Waals surface area contributed by atoms with Crippen molar-refractivity contribution in [3.05, 3.63) is 166 Å². The normalized spacial score (nSPS) is 23.2. The zero-order valence-corrected chi connectivity index (χ0v) is 24.8. The molecule has 0 bridgehead atoms. The van der Waals surface area contributed by atoms with Crippen LogP contribution in [0.5, 0.6) is 0 Å². The minimum Gasteiger partial charge on any atom is -0.508 e. The SMILES string of the molecule is CC(C)(C1(c2cccc3c2Cc2ccccc2-3)C=CC(O)=CC1)C1(c2cccc3c2Cc2ccccc2-3)C=CC(O)=CC1. The average molecular weight is 561 g/mol. The minimum absolute atomic E-state index is 0.323. The summed E-state index contributed by atoms with van der Waals surface area (Å²) in [6, 6.07) is 31.2. The van der Waals surface area contributed by atoms with E-state index in [4.69, 9.17) is 0 Å². The monoisotopic (exact) mass is 560 g/mol. The Kier molecular flexibility index (Phi) is 5.59. The maximum Gasteiger partial charge on any atom is 0.111 e. The molecule has 0 amide bonds. The van der Waals surface area contributed by atoms with Crippen LogP contribution in [0.25, 0.3) is 22.3 Å². The first-order chi connectivity index (χ1) is 20.8. The van der Waals surface area contributed by atoms with Gasteiger partial charge in [0.1, 0.15) is 11.5 Å². The Bertz CT molecular complexity index is 1790. The van der Waals surface area contributed by atoms with E-state index in [1.807, 2.05) is 24.3 Å². The molecule has 4 aromatic rings. The van der Waals surface area contributed by atoms with E-state index in [0.717, 1.165) is 12.8 Å². The molecular formula is C41H36O2. The van der Waals surface area contributed by atoms with Crippen molar-refractivity contribution in [3.63, 3.8) is 0 Å². The van der Waals surface area contributed by atoms with Gasteiger partial charge < -0.3 is 10.2 Å². The Morgan fingerprint density at radius 3 is 1.37 bits per heavy atom. The van der Waals surface area contributed by atoms with Crippen LogP contribution < -0.4 is 0 Å². The largest absolute Gasteiger partial charge is 0.508 e. The first-order valence-electron chi connectivity index (χ1n) is 15.4. The number of hydrogen-bond donors (Lipinski definition) is 2. The fraction of sp³-hybridized carbons (Fsp3) is 0.220. The number of benzene rings is 4. The van der Waals surface area contributed by atoms with E-state index in [1.165, 1.54) is 55.6 Å². The van der Waals surface area contributed by atoms with Gasteiger partial charge in [0, 0.05) is 10.8 Å². The van der Waals surface area contributed by atoms with Gasteiger partial charge >= 0.3 is 0 Å². The van der Waals surface area contributed by atoms with Gasteiger partial charge in [-0.15, -0.1) is 0 Å². The van der Waals surface area contributed by atoms with Gasteiger partial charge in [0.05, 0.1) is 0 Å². The number of rotatable bonds is 4. The second kappa shape index (κ2) is 9.22. The van der Waals surface area contributed by atoms with Crippen LogP contribution in [-0.2, 0) is 23.7 Å². The van der Waals surface area contributed by atoms with E-state index in [2.05, 4.69) is 111 Å². The molecule has 4 aliphatic carbocycles. The quantitative estimate of drug-likeness (QED) is 0.225. The van der Waals surface area contributed by atoms with Crippen LogP contribution in [0.2, 0.25) is 0 Å². The van der Waals surface area contributed by atoms with Crippen LogP contribution in [0.3, 0.4) is 0 Å². The highest BCUT2D eigenvalue weighted by Gasteiger charge is 2.58. The van der Waals surface area contributed by atoms with Gasteiger partial charge in [0.15, 0.2) is 0 Å². The summed E-state index contributed by atoms with van der Waals surface area (Å²) in [5.41, 5.74) is 12.2. The number of allylic oxidation sites excluding steroid dienone is 6. The van der Waals surface area contributed by atoms with Crippen LogP contribution in [0.1, 0.15) is 60.1 Å². The lowest BCUT2D eigenvalue weighted by atomic mass is 9.45. The van der Waals surface area contributed by atoms with E-state index in [1.54, 1.807) is 0 Å². The van der Waals surface area contributed by atoms with E-state index in [0.29, 0.717) is 24.4 Å². The molecular weight excluding hydrogens is 524 g/mol. The molecule has 2 heteroatoms. The van der Waals surface area contributed by atoms with E-state index < -0.39 is 10.8 Å². The zero-order chi connectivity index (χ0) is 29.4. The molecule has 0 spiro atoms. The van der Waals surface area contributed by atoms with Crippen molar-refractivity contribution in [2.75, 3.05) is 0 Å². The number of aliphatic hydroxyl groups is 2. The van der Waals surface area contributed by atoms with Gasteiger partial charge in [0.25, 0.3) is 0 Å². The van der Waals surface area contributed by atoms with Crippen molar-refractivity contribution >= 4 is 0 Å². The summed E-state index contributed by atoms with van der Waals surface area (Å²) in [5, 5.41) is 21.3. The van der Waals surface area contributed by atoms with E-state index in [-0.39, 0.29) is 5.41 Å². The van der Waals surface area contributed by atoms with Gasteiger partial charge in [-0.1, -0.05) is 111 Å². The highest BCUT2D eigenvalue weighted by Crippen LogP contribution is 2.63. The van der Waals surface area contributed by atoms with Crippen molar-refractivity contribution in [1.29, 1.82) is 0 Å². The van der Waals surface area contributed by atoms with Crippen molar-refractivity contribution in [3.8, 4) is 22.3 Å². The second-order valence-corrected chi connectivity index (χ2v) is 13.2. The standard InChI is InChI=1S/C41H36O2/c1-39(2,40(21-17-29(42)18-22-40)37-15-7-13-33-31-11-5-3-9-27(31)25-35(33)37)41(23-19-30(43)20-24-41)38-16-8-14-34-32-12-6-4-10-28(32)26-36(34)38/h3-21,23,42-43H,22,24-26H2,1-2H3. The third kappa shape index (κ3) is 3.53. The summed E-state index contributed by atoms with van der Waals surface area (Å²) in [6.07, 6.45) is 15.6. The Labute approximate surface area is 254 Å². The summed E-state index contributed by atoms with van der Waals surface area (Å²) in [6.45, 7) is 4.83. The smallest absolute Gasteiger partial charge is 0.111 e. The van der Waals surface area contributed by atoms with Crippen molar-refractivity contribution in [1.82, 2.24) is 0 Å². The summed E-state index contributed by atoms with van der Waals surface area (Å²) in [5.74, 6) is 0.647. The summed E-state index contributed by atoms with van der Waals surface area (Å²) >= 11 is 0. The predicted octanol–water partition coefficient (Wildman–Crippen LogP) is 9.83. The van der Waals surface area contributed by atoms with Gasteiger partial charge in [-0.2, -0.15) is 0 Å². The van der Waals surface area contributed by atoms with Gasteiger partial charge in [0.2, 0.25) is 0 Å². The summed E-state index contributed by atoms with van der Waals surface area (Å²) < 4.78 is 0.